The van der Waals surface area contributed by atoms with E-state index < -0.39 is 22.5 Å². The highest BCUT2D eigenvalue weighted by Crippen LogP contribution is 2.71. The molecule has 1 N–H and O–H groups in total. The molecule has 2 aliphatic carbocycles. The van der Waals surface area contributed by atoms with Crippen LogP contribution in [0.3, 0.4) is 0 Å². The Balaban J connectivity index is 1.69. The van der Waals surface area contributed by atoms with Crippen LogP contribution in [0.25, 0.3) is 0 Å². The second-order valence-corrected chi connectivity index (χ2v) is 8.55. The van der Waals surface area contributed by atoms with Crippen molar-refractivity contribution in [3.05, 3.63) is 36.0 Å². The third-order valence-electron chi connectivity index (χ3n) is 7.39. The van der Waals surface area contributed by atoms with Gasteiger partial charge in [0.2, 0.25) is 0 Å². The monoisotopic (exact) mass is 360 g/mol. The molecule has 2 aliphatic heterocycles. The Labute approximate surface area is 154 Å². The lowest BCUT2D eigenvalue weighted by Gasteiger charge is -2.58. The Bertz CT molecular complexity index is 703. The summed E-state index contributed by atoms with van der Waals surface area (Å²) in [6.45, 7) is 10.5. The molecule has 6 unspecified atom stereocenters. The van der Waals surface area contributed by atoms with Crippen LogP contribution >= 0.6 is 0 Å². The van der Waals surface area contributed by atoms with Crippen LogP contribution in [0.15, 0.2) is 36.0 Å². The smallest absolute Gasteiger partial charge is 0.331 e. The molecule has 26 heavy (non-hydrogen) atoms. The summed E-state index contributed by atoms with van der Waals surface area (Å²) in [6.07, 6.45) is 6.72. The summed E-state index contributed by atoms with van der Waals surface area (Å²) >= 11 is 0. The minimum Gasteiger partial charge on any atom is -0.462 e. The van der Waals surface area contributed by atoms with Crippen molar-refractivity contribution in [2.75, 3.05) is 13.2 Å². The summed E-state index contributed by atoms with van der Waals surface area (Å²) in [5.74, 6) is -0.384. The van der Waals surface area contributed by atoms with Crippen molar-refractivity contribution in [3.8, 4) is 0 Å². The summed E-state index contributed by atoms with van der Waals surface area (Å²) in [5, 5.41) is 11.0. The quantitative estimate of drug-likeness (QED) is 0.274. The van der Waals surface area contributed by atoms with Crippen LogP contribution in [-0.2, 0) is 19.0 Å². The summed E-state index contributed by atoms with van der Waals surface area (Å²) < 4.78 is 18.0. The molecule has 142 valence electrons. The fraction of sp³-hybridized carbons (Fsp3) is 0.667. The van der Waals surface area contributed by atoms with E-state index in [1.165, 1.54) is 11.6 Å². The number of ether oxygens (including phenoxy) is 3. The average Bonchev–Trinajstić information content (AvgIpc) is 3.38. The SMILES string of the molecule is C=C/C(C)=C\C(=O)OCC12CCC(C)=CC1OC1CC(O)C2(C)C12CO2. The van der Waals surface area contributed by atoms with E-state index in [1.807, 2.05) is 6.92 Å². The predicted molar refractivity (Wildman–Crippen MR) is 96.4 cm³/mol. The fourth-order valence-corrected chi connectivity index (χ4v) is 5.48. The normalized spacial score (nSPS) is 46.5. The number of hydrogen-bond donors (Lipinski definition) is 1. The minimum absolute atomic E-state index is 0.0959. The molecule has 2 heterocycles. The van der Waals surface area contributed by atoms with Crippen LogP contribution in [-0.4, -0.2) is 48.2 Å². The van der Waals surface area contributed by atoms with Gasteiger partial charge >= 0.3 is 5.97 Å². The van der Waals surface area contributed by atoms with E-state index in [1.54, 1.807) is 6.08 Å². The van der Waals surface area contributed by atoms with E-state index in [9.17, 15) is 9.90 Å². The molecule has 0 aromatic rings. The number of aliphatic hydroxyl groups is 1. The molecule has 4 aliphatic rings. The average molecular weight is 360 g/mol. The van der Waals surface area contributed by atoms with Gasteiger partial charge in [0.15, 0.2) is 0 Å². The van der Waals surface area contributed by atoms with Crippen LogP contribution < -0.4 is 0 Å². The van der Waals surface area contributed by atoms with Crippen molar-refractivity contribution in [1.29, 1.82) is 0 Å². The number of carbonyl (C=O) groups excluding carboxylic acids is 1. The van der Waals surface area contributed by atoms with E-state index in [0.717, 1.165) is 18.4 Å². The molecule has 0 radical (unpaired) electrons. The molecule has 2 saturated heterocycles. The van der Waals surface area contributed by atoms with Crippen LogP contribution in [0.4, 0.5) is 0 Å². The van der Waals surface area contributed by atoms with Gasteiger partial charge in [0, 0.05) is 23.3 Å². The molecular weight excluding hydrogens is 332 g/mol. The number of rotatable bonds is 4. The first-order chi connectivity index (χ1) is 12.3. The Morgan fingerprint density at radius 1 is 1.54 bits per heavy atom. The summed E-state index contributed by atoms with van der Waals surface area (Å²) in [5.41, 5.74) is 0.617. The molecular formula is C21H28O5. The maximum atomic E-state index is 12.3. The first kappa shape index (κ1) is 18.0. The van der Waals surface area contributed by atoms with E-state index in [-0.39, 0.29) is 24.8 Å². The lowest BCUT2D eigenvalue weighted by atomic mass is 9.51. The highest BCUT2D eigenvalue weighted by atomic mass is 16.6. The maximum Gasteiger partial charge on any atom is 0.331 e. The molecule has 5 nitrogen and oxygen atoms in total. The van der Waals surface area contributed by atoms with Gasteiger partial charge in [-0.25, -0.2) is 4.79 Å². The molecule has 0 aromatic heterocycles. The minimum atomic E-state index is -0.532. The zero-order valence-corrected chi connectivity index (χ0v) is 15.8. The maximum absolute atomic E-state index is 12.3. The van der Waals surface area contributed by atoms with Crippen molar-refractivity contribution in [1.82, 2.24) is 0 Å². The van der Waals surface area contributed by atoms with Crippen LogP contribution in [0.5, 0.6) is 0 Å². The third-order valence-corrected chi connectivity index (χ3v) is 7.39. The van der Waals surface area contributed by atoms with Crippen molar-refractivity contribution >= 4 is 5.97 Å². The van der Waals surface area contributed by atoms with Gasteiger partial charge in [0.05, 0.1) is 24.9 Å². The zero-order valence-electron chi connectivity index (χ0n) is 15.8. The molecule has 2 bridgehead atoms. The predicted octanol–water partition coefficient (Wildman–Crippen LogP) is 2.70. The zero-order chi connectivity index (χ0) is 18.7. The van der Waals surface area contributed by atoms with Gasteiger partial charge in [0.1, 0.15) is 12.2 Å². The van der Waals surface area contributed by atoms with Gasteiger partial charge in [-0.15, -0.1) is 0 Å². The van der Waals surface area contributed by atoms with E-state index in [0.29, 0.717) is 13.0 Å². The van der Waals surface area contributed by atoms with Gasteiger partial charge in [-0.3, -0.25) is 0 Å². The summed E-state index contributed by atoms with van der Waals surface area (Å²) in [6, 6.07) is 0. The number of esters is 1. The van der Waals surface area contributed by atoms with E-state index in [4.69, 9.17) is 14.2 Å². The highest BCUT2D eigenvalue weighted by Gasteiger charge is 2.81. The number of aliphatic hydroxyl groups excluding tert-OH is 1. The van der Waals surface area contributed by atoms with Gasteiger partial charge in [-0.2, -0.15) is 0 Å². The molecule has 1 saturated carbocycles. The Morgan fingerprint density at radius 2 is 2.27 bits per heavy atom. The third kappa shape index (κ3) is 2.17. The second-order valence-electron chi connectivity index (χ2n) is 8.55. The van der Waals surface area contributed by atoms with Crippen molar-refractivity contribution < 1.29 is 24.1 Å². The van der Waals surface area contributed by atoms with Gasteiger partial charge < -0.3 is 19.3 Å². The number of carbonyl (C=O) groups is 1. The molecule has 1 spiro atoms. The molecule has 4 rings (SSSR count). The number of hydrogen-bond acceptors (Lipinski definition) is 5. The van der Waals surface area contributed by atoms with E-state index in [2.05, 4.69) is 26.5 Å². The Morgan fingerprint density at radius 3 is 2.92 bits per heavy atom. The van der Waals surface area contributed by atoms with Gasteiger partial charge in [0.25, 0.3) is 0 Å². The molecule has 0 amide bonds. The largest absolute Gasteiger partial charge is 0.462 e. The topological polar surface area (TPSA) is 68.3 Å². The van der Waals surface area contributed by atoms with Gasteiger partial charge in [-0.1, -0.05) is 31.2 Å². The fourth-order valence-electron chi connectivity index (χ4n) is 5.48. The Kier molecular flexibility index (Phi) is 3.99. The van der Waals surface area contributed by atoms with Crippen LogP contribution in [0, 0.1) is 10.8 Å². The first-order valence-corrected chi connectivity index (χ1v) is 9.41. The molecule has 5 heteroatoms. The number of fused-ring (bicyclic) bond motifs is 2. The molecule has 6 atom stereocenters. The highest BCUT2D eigenvalue weighted by molar-refractivity contribution is 5.83. The van der Waals surface area contributed by atoms with Crippen molar-refractivity contribution in [2.24, 2.45) is 10.8 Å². The van der Waals surface area contributed by atoms with Crippen molar-refractivity contribution in [3.63, 3.8) is 0 Å². The van der Waals surface area contributed by atoms with Gasteiger partial charge in [-0.05, 0) is 32.3 Å². The number of epoxide rings is 1. The lowest BCUT2D eigenvalue weighted by Crippen LogP contribution is -2.66. The number of allylic oxidation sites excluding steroid dienone is 3. The van der Waals surface area contributed by atoms with Crippen LogP contribution in [0.2, 0.25) is 0 Å². The standard InChI is InChI=1S/C21H28O5/c1-5-13(2)9-18(23)24-11-20-7-6-14(3)8-16(20)26-17-10-15(22)19(20,4)21(17)12-25-21/h5,8-9,15-17,22H,1,6-7,10-12H2,2-4H3/b13-9-. The van der Waals surface area contributed by atoms with Crippen molar-refractivity contribution in [2.45, 2.75) is 63.9 Å². The second kappa shape index (κ2) is 5.78. The first-order valence-electron chi connectivity index (χ1n) is 9.41. The van der Waals surface area contributed by atoms with E-state index >= 15 is 0 Å². The summed E-state index contributed by atoms with van der Waals surface area (Å²) in [7, 11) is 0. The molecule has 0 aromatic carbocycles. The summed E-state index contributed by atoms with van der Waals surface area (Å²) in [4.78, 5) is 12.3. The lowest BCUT2D eigenvalue weighted by molar-refractivity contribution is -0.229. The molecule has 3 fully saturated rings. The van der Waals surface area contributed by atoms with Crippen LogP contribution in [0.1, 0.15) is 40.0 Å². The Hall–Kier alpha value is -1.43.